The molecule has 3 amide bonds. The van der Waals surface area contributed by atoms with Crippen molar-refractivity contribution in [2.75, 3.05) is 20.8 Å². The summed E-state index contributed by atoms with van der Waals surface area (Å²) in [5.74, 6) is 0.907. The van der Waals surface area contributed by atoms with Gasteiger partial charge in [-0.3, -0.25) is 19.3 Å². The van der Waals surface area contributed by atoms with Crippen LogP contribution in [0.25, 0.3) is 0 Å². The van der Waals surface area contributed by atoms with Crippen LogP contribution in [0.1, 0.15) is 50.5 Å². The molecular weight excluding hydrogens is 384 g/mol. The number of carbonyl (C=O) groups excluding carboxylic acids is 3. The molecule has 1 aliphatic heterocycles. The maximum atomic E-state index is 13.1. The Morgan fingerprint density at radius 3 is 2.27 bits per heavy atom. The molecule has 162 valence electrons. The van der Waals surface area contributed by atoms with Crippen molar-refractivity contribution in [2.24, 2.45) is 11.8 Å². The summed E-state index contributed by atoms with van der Waals surface area (Å²) in [6.07, 6.45) is 5.72. The second-order valence-electron chi connectivity index (χ2n) is 8.51. The third-order valence-electron chi connectivity index (χ3n) is 6.62. The second kappa shape index (κ2) is 8.66. The van der Waals surface area contributed by atoms with E-state index >= 15 is 0 Å². The molecule has 1 heterocycles. The number of ether oxygens (including phenoxy) is 2. The van der Waals surface area contributed by atoms with Gasteiger partial charge in [0.25, 0.3) is 0 Å². The molecule has 7 heteroatoms. The largest absolute Gasteiger partial charge is 0.497 e. The number of nitrogens with zero attached hydrogens (tertiary/aromatic N) is 2. The van der Waals surface area contributed by atoms with Gasteiger partial charge in [-0.25, -0.2) is 0 Å². The van der Waals surface area contributed by atoms with Crippen molar-refractivity contribution < 1.29 is 23.9 Å². The van der Waals surface area contributed by atoms with Crippen LogP contribution in [-0.4, -0.2) is 54.3 Å². The normalized spacial score (nSPS) is 23.3. The minimum absolute atomic E-state index is 0.0298. The van der Waals surface area contributed by atoms with E-state index in [2.05, 4.69) is 0 Å². The molecule has 2 atom stereocenters. The van der Waals surface area contributed by atoms with E-state index < -0.39 is 0 Å². The number of fused-ring (bicyclic) bond motifs is 1. The van der Waals surface area contributed by atoms with Gasteiger partial charge in [-0.2, -0.15) is 0 Å². The van der Waals surface area contributed by atoms with Crippen LogP contribution in [0.2, 0.25) is 0 Å². The lowest BCUT2D eigenvalue weighted by atomic mass is 9.81. The van der Waals surface area contributed by atoms with Gasteiger partial charge < -0.3 is 14.4 Å². The number of hydrogen-bond acceptors (Lipinski definition) is 5. The number of rotatable bonds is 8. The minimum Gasteiger partial charge on any atom is -0.497 e. The standard InChI is InChI=1S/C23H30N2O5/c1-29-17-9-10-20(30-2)15(13-17)14-25(16-7-8-16)21(26)11-12-24-22(27)18-5-3-4-6-19(18)23(24)28/h9-10,13,16,18-19H,3-8,11-12,14H2,1-2H3. The number of carbonyl (C=O) groups is 3. The second-order valence-corrected chi connectivity index (χ2v) is 8.51. The lowest BCUT2D eigenvalue weighted by Gasteiger charge is -2.25. The molecule has 7 nitrogen and oxygen atoms in total. The SMILES string of the molecule is COc1ccc(OC)c(CN(C(=O)CCN2C(=O)C3CCCCC3C2=O)C2CC2)c1. The summed E-state index contributed by atoms with van der Waals surface area (Å²) in [5.41, 5.74) is 0.886. The lowest BCUT2D eigenvalue weighted by molar-refractivity contribution is -0.141. The quantitative estimate of drug-likeness (QED) is 0.612. The number of amides is 3. The highest BCUT2D eigenvalue weighted by atomic mass is 16.5. The molecule has 3 aliphatic rings. The number of imide groups is 1. The molecule has 0 N–H and O–H groups in total. The zero-order valence-corrected chi connectivity index (χ0v) is 17.8. The van der Waals surface area contributed by atoms with E-state index in [0.29, 0.717) is 18.0 Å². The predicted octanol–water partition coefficient (Wildman–Crippen LogP) is 2.76. The molecule has 0 bridgehead atoms. The fourth-order valence-corrected chi connectivity index (χ4v) is 4.80. The average Bonchev–Trinajstić information content (AvgIpc) is 3.58. The van der Waals surface area contributed by atoms with Gasteiger partial charge in [-0.05, 0) is 43.9 Å². The first-order chi connectivity index (χ1) is 14.5. The lowest BCUT2D eigenvalue weighted by Crippen LogP contribution is -2.38. The highest BCUT2D eigenvalue weighted by Crippen LogP contribution is 2.38. The molecule has 2 unspecified atom stereocenters. The van der Waals surface area contributed by atoms with E-state index in [1.165, 1.54) is 4.90 Å². The van der Waals surface area contributed by atoms with Gasteiger partial charge >= 0.3 is 0 Å². The van der Waals surface area contributed by atoms with Crippen LogP contribution in [0.4, 0.5) is 0 Å². The topological polar surface area (TPSA) is 76.2 Å². The van der Waals surface area contributed by atoms with Gasteiger partial charge in [0.05, 0.1) is 26.1 Å². The highest BCUT2D eigenvalue weighted by molar-refractivity contribution is 6.05. The monoisotopic (exact) mass is 414 g/mol. The Balaban J connectivity index is 1.43. The summed E-state index contributed by atoms with van der Waals surface area (Å²) < 4.78 is 10.8. The molecule has 3 fully saturated rings. The van der Waals surface area contributed by atoms with Crippen molar-refractivity contribution in [3.63, 3.8) is 0 Å². The van der Waals surface area contributed by atoms with E-state index in [1.54, 1.807) is 14.2 Å². The summed E-state index contributed by atoms with van der Waals surface area (Å²) in [4.78, 5) is 41.6. The van der Waals surface area contributed by atoms with Gasteiger partial charge in [0.2, 0.25) is 17.7 Å². The van der Waals surface area contributed by atoms with Gasteiger partial charge in [0.1, 0.15) is 11.5 Å². The molecule has 2 saturated carbocycles. The van der Waals surface area contributed by atoms with E-state index in [0.717, 1.165) is 44.1 Å². The molecule has 4 rings (SSSR count). The van der Waals surface area contributed by atoms with Crippen molar-refractivity contribution in [1.82, 2.24) is 9.80 Å². The van der Waals surface area contributed by atoms with Crippen molar-refractivity contribution in [1.29, 1.82) is 0 Å². The number of likely N-dealkylation sites (tertiary alicyclic amines) is 1. The fourth-order valence-electron chi connectivity index (χ4n) is 4.80. The van der Waals surface area contributed by atoms with Crippen molar-refractivity contribution in [3.8, 4) is 11.5 Å². The van der Waals surface area contributed by atoms with Crippen LogP contribution in [0.15, 0.2) is 18.2 Å². The summed E-state index contributed by atoms with van der Waals surface area (Å²) in [6, 6.07) is 5.77. The molecule has 30 heavy (non-hydrogen) atoms. The maximum absolute atomic E-state index is 13.1. The van der Waals surface area contributed by atoms with E-state index in [1.807, 2.05) is 23.1 Å². The highest BCUT2D eigenvalue weighted by Gasteiger charge is 2.48. The minimum atomic E-state index is -0.165. The number of methoxy groups -OCH3 is 2. The van der Waals surface area contributed by atoms with Gasteiger partial charge in [0, 0.05) is 31.1 Å². The molecule has 0 spiro atoms. The van der Waals surface area contributed by atoms with Gasteiger partial charge in [0.15, 0.2) is 0 Å². The molecule has 0 aromatic heterocycles. The Morgan fingerprint density at radius 2 is 1.70 bits per heavy atom. The average molecular weight is 415 g/mol. The van der Waals surface area contributed by atoms with Gasteiger partial charge in [-0.15, -0.1) is 0 Å². The molecule has 2 aliphatic carbocycles. The summed E-state index contributed by atoms with van der Waals surface area (Å²) in [5, 5.41) is 0. The smallest absolute Gasteiger partial charge is 0.233 e. The van der Waals surface area contributed by atoms with Crippen molar-refractivity contribution in [3.05, 3.63) is 23.8 Å². The van der Waals surface area contributed by atoms with Crippen LogP contribution in [0, 0.1) is 11.8 Å². The summed E-state index contributed by atoms with van der Waals surface area (Å²) in [6.45, 7) is 0.610. The predicted molar refractivity (Wildman–Crippen MR) is 110 cm³/mol. The first kappa shape index (κ1) is 20.7. The van der Waals surface area contributed by atoms with E-state index in [-0.39, 0.29) is 48.6 Å². The van der Waals surface area contributed by atoms with Crippen molar-refractivity contribution >= 4 is 17.7 Å². The Morgan fingerprint density at radius 1 is 1.03 bits per heavy atom. The summed E-state index contributed by atoms with van der Waals surface area (Å²) >= 11 is 0. The third-order valence-corrected chi connectivity index (χ3v) is 6.62. The van der Waals surface area contributed by atoms with E-state index in [4.69, 9.17) is 9.47 Å². The summed E-state index contributed by atoms with van der Waals surface area (Å²) in [7, 11) is 3.22. The molecular formula is C23H30N2O5. The Bertz CT molecular complexity index is 811. The number of benzene rings is 1. The first-order valence-corrected chi connectivity index (χ1v) is 10.9. The van der Waals surface area contributed by atoms with Crippen LogP contribution in [-0.2, 0) is 20.9 Å². The van der Waals surface area contributed by atoms with Crippen LogP contribution in [0.5, 0.6) is 11.5 Å². The zero-order valence-electron chi connectivity index (χ0n) is 17.8. The van der Waals surface area contributed by atoms with Crippen LogP contribution in [0.3, 0.4) is 0 Å². The Labute approximate surface area is 177 Å². The van der Waals surface area contributed by atoms with Gasteiger partial charge in [-0.1, -0.05) is 12.8 Å². The molecule has 1 aromatic rings. The Hall–Kier alpha value is -2.57. The first-order valence-electron chi connectivity index (χ1n) is 10.9. The third kappa shape index (κ3) is 4.02. The van der Waals surface area contributed by atoms with E-state index in [9.17, 15) is 14.4 Å². The zero-order chi connectivity index (χ0) is 21.3. The van der Waals surface area contributed by atoms with Crippen molar-refractivity contribution in [2.45, 2.75) is 57.5 Å². The maximum Gasteiger partial charge on any atom is 0.233 e. The molecule has 0 radical (unpaired) electrons. The fraction of sp³-hybridized carbons (Fsp3) is 0.609. The Kier molecular flexibility index (Phi) is 5.97. The number of hydrogen-bond donors (Lipinski definition) is 0. The van der Waals surface area contributed by atoms with Crippen LogP contribution >= 0.6 is 0 Å². The molecule has 1 saturated heterocycles. The molecule has 1 aromatic carbocycles. The van der Waals surface area contributed by atoms with Crippen LogP contribution < -0.4 is 9.47 Å².